The summed E-state index contributed by atoms with van der Waals surface area (Å²) in [5.74, 6) is -1.26. The molecular formula is C12H9FN2O3. The fourth-order valence-electron chi connectivity index (χ4n) is 1.26. The standard InChI is InChI=1S/C12H9FN2O3/c1-7-2-3-9(13)4-10(7)18-12-14-5-8(6-15-12)11(16)17/h2-6H,1H3,(H,16,17). The quantitative estimate of drug-likeness (QED) is 0.902. The van der Waals surface area contributed by atoms with Crippen LogP contribution in [0.1, 0.15) is 15.9 Å². The lowest BCUT2D eigenvalue weighted by Crippen LogP contribution is -2.00. The minimum Gasteiger partial charge on any atom is -0.478 e. The van der Waals surface area contributed by atoms with E-state index in [1.54, 1.807) is 13.0 Å². The molecule has 1 aromatic carbocycles. The highest BCUT2D eigenvalue weighted by molar-refractivity contribution is 5.86. The number of carboxylic acid groups (broad SMARTS) is 1. The number of benzene rings is 1. The zero-order chi connectivity index (χ0) is 13.1. The minimum absolute atomic E-state index is 0.0336. The number of aryl methyl sites for hydroxylation is 1. The van der Waals surface area contributed by atoms with Crippen LogP contribution in [-0.2, 0) is 0 Å². The van der Waals surface area contributed by atoms with Gasteiger partial charge < -0.3 is 9.84 Å². The molecule has 1 aromatic heterocycles. The van der Waals surface area contributed by atoms with Crippen LogP contribution in [0.5, 0.6) is 11.8 Å². The molecule has 2 rings (SSSR count). The summed E-state index contributed by atoms with van der Waals surface area (Å²) in [5.41, 5.74) is 0.681. The molecule has 2 aromatic rings. The molecule has 0 saturated heterocycles. The highest BCUT2D eigenvalue weighted by atomic mass is 19.1. The maximum Gasteiger partial charge on any atom is 0.338 e. The summed E-state index contributed by atoms with van der Waals surface area (Å²) >= 11 is 0. The average molecular weight is 248 g/mol. The zero-order valence-corrected chi connectivity index (χ0v) is 9.42. The molecule has 0 fully saturated rings. The number of aromatic nitrogens is 2. The second-order valence-electron chi connectivity index (χ2n) is 3.57. The molecule has 1 N–H and O–H groups in total. The van der Waals surface area contributed by atoms with Gasteiger partial charge in [-0.3, -0.25) is 0 Å². The van der Waals surface area contributed by atoms with Crippen LogP contribution in [0, 0.1) is 12.7 Å². The Morgan fingerprint density at radius 3 is 2.61 bits per heavy atom. The number of hydrogen-bond donors (Lipinski definition) is 1. The van der Waals surface area contributed by atoms with Gasteiger partial charge in [-0.25, -0.2) is 19.2 Å². The SMILES string of the molecule is Cc1ccc(F)cc1Oc1ncc(C(=O)O)cn1. The third-order valence-electron chi connectivity index (χ3n) is 2.23. The largest absolute Gasteiger partial charge is 0.478 e. The lowest BCUT2D eigenvalue weighted by Gasteiger charge is -2.06. The van der Waals surface area contributed by atoms with Crippen LogP contribution in [0.25, 0.3) is 0 Å². The summed E-state index contributed by atoms with van der Waals surface area (Å²) in [6.07, 6.45) is 2.25. The number of halogens is 1. The zero-order valence-electron chi connectivity index (χ0n) is 9.42. The van der Waals surface area contributed by atoms with Crippen molar-refractivity contribution >= 4 is 5.97 Å². The fourth-order valence-corrected chi connectivity index (χ4v) is 1.26. The number of rotatable bonds is 3. The van der Waals surface area contributed by atoms with Crippen molar-refractivity contribution in [2.24, 2.45) is 0 Å². The molecule has 1 heterocycles. The molecule has 0 aliphatic heterocycles. The Labute approximate surface area is 102 Å². The molecular weight excluding hydrogens is 239 g/mol. The predicted molar refractivity (Wildman–Crippen MR) is 60.2 cm³/mol. The number of carboxylic acids is 1. The summed E-state index contributed by atoms with van der Waals surface area (Å²) < 4.78 is 18.3. The van der Waals surface area contributed by atoms with Crippen molar-refractivity contribution in [2.45, 2.75) is 6.92 Å². The first kappa shape index (κ1) is 12.0. The molecule has 92 valence electrons. The molecule has 0 unspecified atom stereocenters. The van der Waals surface area contributed by atoms with Crippen molar-refractivity contribution < 1.29 is 19.0 Å². The summed E-state index contributed by atoms with van der Waals surface area (Å²) in [6, 6.07) is 4.06. The number of hydrogen-bond acceptors (Lipinski definition) is 4. The Hall–Kier alpha value is -2.50. The van der Waals surface area contributed by atoms with Crippen LogP contribution in [-0.4, -0.2) is 21.0 Å². The van der Waals surface area contributed by atoms with Gasteiger partial charge in [0.15, 0.2) is 0 Å². The second kappa shape index (κ2) is 4.79. The first-order valence-electron chi connectivity index (χ1n) is 5.05. The molecule has 0 aliphatic carbocycles. The van der Waals surface area contributed by atoms with Crippen molar-refractivity contribution in [3.8, 4) is 11.8 Å². The highest BCUT2D eigenvalue weighted by Crippen LogP contribution is 2.23. The topological polar surface area (TPSA) is 72.3 Å². The smallest absolute Gasteiger partial charge is 0.338 e. The van der Waals surface area contributed by atoms with Crippen molar-refractivity contribution in [3.05, 3.63) is 47.5 Å². The van der Waals surface area contributed by atoms with E-state index in [4.69, 9.17) is 9.84 Å². The summed E-state index contributed by atoms with van der Waals surface area (Å²) in [4.78, 5) is 18.1. The molecule has 0 atom stereocenters. The number of nitrogens with zero attached hydrogens (tertiary/aromatic N) is 2. The van der Waals surface area contributed by atoms with Gasteiger partial charge in [-0.1, -0.05) is 6.07 Å². The van der Waals surface area contributed by atoms with E-state index in [9.17, 15) is 9.18 Å². The summed E-state index contributed by atoms with van der Waals surface area (Å²) in [6.45, 7) is 1.75. The van der Waals surface area contributed by atoms with Crippen molar-refractivity contribution in [3.63, 3.8) is 0 Å². The third-order valence-corrected chi connectivity index (χ3v) is 2.23. The lowest BCUT2D eigenvalue weighted by atomic mass is 10.2. The van der Waals surface area contributed by atoms with E-state index < -0.39 is 11.8 Å². The normalized spacial score (nSPS) is 10.1. The van der Waals surface area contributed by atoms with Gasteiger partial charge in [0.2, 0.25) is 0 Å². The Balaban J connectivity index is 2.23. The summed E-state index contributed by atoms with van der Waals surface area (Å²) in [5, 5.41) is 8.68. The van der Waals surface area contributed by atoms with Gasteiger partial charge >= 0.3 is 12.0 Å². The van der Waals surface area contributed by atoms with E-state index in [0.29, 0.717) is 0 Å². The van der Waals surface area contributed by atoms with Gasteiger partial charge in [0, 0.05) is 18.5 Å². The minimum atomic E-state index is -1.12. The molecule has 0 radical (unpaired) electrons. The van der Waals surface area contributed by atoms with Gasteiger partial charge in [-0.15, -0.1) is 0 Å². The average Bonchev–Trinajstić information content (AvgIpc) is 2.34. The van der Waals surface area contributed by atoms with Gasteiger partial charge in [0.25, 0.3) is 0 Å². The molecule has 18 heavy (non-hydrogen) atoms. The first-order valence-corrected chi connectivity index (χ1v) is 5.05. The van der Waals surface area contributed by atoms with Gasteiger partial charge in [-0.2, -0.15) is 0 Å². The monoisotopic (exact) mass is 248 g/mol. The summed E-state index contributed by atoms with van der Waals surface area (Å²) in [7, 11) is 0. The van der Waals surface area contributed by atoms with E-state index in [1.165, 1.54) is 12.1 Å². The van der Waals surface area contributed by atoms with Crippen molar-refractivity contribution in [2.75, 3.05) is 0 Å². The molecule has 0 saturated carbocycles. The number of carbonyl (C=O) groups is 1. The molecule has 0 amide bonds. The van der Waals surface area contributed by atoms with Crippen LogP contribution in [0.4, 0.5) is 4.39 Å². The van der Waals surface area contributed by atoms with Gasteiger partial charge in [0.1, 0.15) is 11.6 Å². The van der Waals surface area contributed by atoms with Gasteiger partial charge in [0.05, 0.1) is 5.56 Å². The third kappa shape index (κ3) is 2.60. The Morgan fingerprint density at radius 1 is 1.33 bits per heavy atom. The first-order chi connectivity index (χ1) is 8.56. The molecule has 0 bridgehead atoms. The number of aromatic carboxylic acids is 1. The van der Waals surface area contributed by atoms with E-state index >= 15 is 0 Å². The highest BCUT2D eigenvalue weighted by Gasteiger charge is 2.07. The van der Waals surface area contributed by atoms with Gasteiger partial charge in [-0.05, 0) is 18.6 Å². The van der Waals surface area contributed by atoms with Crippen LogP contribution < -0.4 is 4.74 Å². The van der Waals surface area contributed by atoms with Crippen molar-refractivity contribution in [1.82, 2.24) is 9.97 Å². The maximum atomic E-state index is 13.0. The Morgan fingerprint density at radius 2 is 2.00 bits per heavy atom. The Bertz CT molecular complexity index is 584. The van der Waals surface area contributed by atoms with Crippen LogP contribution in [0.3, 0.4) is 0 Å². The van der Waals surface area contributed by atoms with Crippen molar-refractivity contribution in [1.29, 1.82) is 0 Å². The lowest BCUT2D eigenvalue weighted by molar-refractivity contribution is 0.0696. The van der Waals surface area contributed by atoms with E-state index in [1.807, 2.05) is 0 Å². The fraction of sp³-hybridized carbons (Fsp3) is 0.0833. The molecule has 6 heteroatoms. The Kier molecular flexibility index (Phi) is 3.18. The predicted octanol–water partition coefficient (Wildman–Crippen LogP) is 2.41. The molecule has 0 spiro atoms. The van der Waals surface area contributed by atoms with E-state index in [-0.39, 0.29) is 17.3 Å². The van der Waals surface area contributed by atoms with Crippen LogP contribution in [0.2, 0.25) is 0 Å². The van der Waals surface area contributed by atoms with Crippen LogP contribution >= 0.6 is 0 Å². The number of ether oxygens (including phenoxy) is 1. The second-order valence-corrected chi connectivity index (χ2v) is 3.57. The molecule has 0 aliphatic rings. The van der Waals surface area contributed by atoms with Crippen LogP contribution in [0.15, 0.2) is 30.6 Å². The van der Waals surface area contributed by atoms with E-state index in [2.05, 4.69) is 9.97 Å². The molecule has 5 nitrogen and oxygen atoms in total. The maximum absolute atomic E-state index is 13.0. The van der Waals surface area contributed by atoms with E-state index in [0.717, 1.165) is 18.0 Å².